The number of hydrogen-bond acceptors (Lipinski definition) is 4. The average molecular weight is 421 g/mol. The largest absolute Gasteiger partial charge is 0.491 e. The van der Waals surface area contributed by atoms with E-state index in [0.29, 0.717) is 12.1 Å². The van der Waals surface area contributed by atoms with E-state index in [1.165, 1.54) is 0 Å². The number of amides is 2. The molecule has 0 fully saturated rings. The van der Waals surface area contributed by atoms with Gasteiger partial charge in [-0.3, -0.25) is 9.59 Å². The van der Waals surface area contributed by atoms with Crippen molar-refractivity contribution in [3.8, 4) is 5.75 Å². The average Bonchev–Trinajstić information content (AvgIpc) is 3.14. The lowest BCUT2D eigenvalue weighted by molar-refractivity contribution is -0.136. The number of aromatic nitrogens is 2. The summed E-state index contributed by atoms with van der Waals surface area (Å²) in [6, 6.07) is 14.5. The lowest BCUT2D eigenvalue weighted by Gasteiger charge is -2.19. The maximum Gasteiger partial charge on any atom is 0.313 e. The molecule has 0 aliphatic carbocycles. The Kier molecular flexibility index (Phi) is 7.07. The van der Waals surface area contributed by atoms with Crippen molar-refractivity contribution < 1.29 is 14.3 Å². The molecular formula is C24H28N4O3. The zero-order valence-corrected chi connectivity index (χ0v) is 18.3. The van der Waals surface area contributed by atoms with Gasteiger partial charge in [0.05, 0.1) is 12.1 Å². The summed E-state index contributed by atoms with van der Waals surface area (Å²) in [6.07, 6.45) is 4.08. The highest BCUT2D eigenvalue weighted by molar-refractivity contribution is 6.39. The first kappa shape index (κ1) is 22.1. The molecule has 2 amide bonds. The van der Waals surface area contributed by atoms with E-state index in [4.69, 9.17) is 4.74 Å². The van der Waals surface area contributed by atoms with Crippen LogP contribution in [-0.2, 0) is 23.1 Å². The predicted molar refractivity (Wildman–Crippen MR) is 120 cm³/mol. The molecule has 3 aromatic rings. The number of nitrogens with one attached hydrogen (secondary N) is 2. The minimum absolute atomic E-state index is 0.0542. The molecule has 2 N–H and O–H groups in total. The van der Waals surface area contributed by atoms with Gasteiger partial charge in [0, 0.05) is 31.5 Å². The number of rotatable bonds is 7. The Labute approximate surface area is 182 Å². The number of benzene rings is 2. The van der Waals surface area contributed by atoms with Crippen molar-refractivity contribution in [3.63, 3.8) is 0 Å². The molecule has 0 spiro atoms. The van der Waals surface area contributed by atoms with Gasteiger partial charge in [-0.1, -0.05) is 30.3 Å². The number of aryl methyl sites for hydroxylation is 2. The van der Waals surface area contributed by atoms with E-state index in [-0.39, 0.29) is 12.1 Å². The SMILES string of the molecule is Cc1cc(NC(=O)C(=O)N[C@@H](Cc2nccn2C)c2ccccc2)ccc1OC(C)C. The highest BCUT2D eigenvalue weighted by Crippen LogP contribution is 2.23. The first-order valence-electron chi connectivity index (χ1n) is 10.2. The highest BCUT2D eigenvalue weighted by Gasteiger charge is 2.22. The number of imidazole rings is 1. The number of nitrogens with zero attached hydrogens (tertiary/aromatic N) is 2. The van der Waals surface area contributed by atoms with Gasteiger partial charge in [0.1, 0.15) is 11.6 Å². The zero-order chi connectivity index (χ0) is 22.4. The van der Waals surface area contributed by atoms with Crippen LogP contribution in [0.25, 0.3) is 0 Å². The van der Waals surface area contributed by atoms with E-state index in [1.807, 2.05) is 68.9 Å². The van der Waals surface area contributed by atoms with Crippen LogP contribution in [0.15, 0.2) is 60.9 Å². The van der Waals surface area contributed by atoms with Crippen molar-refractivity contribution in [2.24, 2.45) is 7.05 Å². The molecule has 0 bridgehead atoms. The van der Waals surface area contributed by atoms with Gasteiger partial charge in [-0.25, -0.2) is 4.98 Å². The molecule has 0 saturated heterocycles. The van der Waals surface area contributed by atoms with Gasteiger partial charge in [-0.05, 0) is 50.1 Å². The van der Waals surface area contributed by atoms with Crippen LogP contribution in [0.2, 0.25) is 0 Å². The van der Waals surface area contributed by atoms with Gasteiger partial charge in [-0.15, -0.1) is 0 Å². The molecule has 2 aromatic carbocycles. The van der Waals surface area contributed by atoms with Gasteiger partial charge in [0.25, 0.3) is 0 Å². The standard InChI is InChI=1S/C24H28N4O3/c1-16(2)31-21-11-10-19(14-17(21)3)26-23(29)24(30)27-20(18-8-6-5-7-9-18)15-22-25-12-13-28(22)4/h5-14,16,20H,15H2,1-4H3,(H,26,29)(H,27,30)/t20-/m0/s1. The molecule has 3 rings (SSSR count). The summed E-state index contributed by atoms with van der Waals surface area (Å²) in [6.45, 7) is 5.80. The van der Waals surface area contributed by atoms with Crippen molar-refractivity contribution in [2.75, 3.05) is 5.32 Å². The second kappa shape index (κ2) is 9.93. The highest BCUT2D eigenvalue weighted by atomic mass is 16.5. The van der Waals surface area contributed by atoms with Crippen LogP contribution < -0.4 is 15.4 Å². The normalized spacial score (nSPS) is 11.8. The summed E-state index contributed by atoms with van der Waals surface area (Å²) < 4.78 is 7.61. The van der Waals surface area contributed by atoms with E-state index in [1.54, 1.807) is 24.4 Å². The van der Waals surface area contributed by atoms with Gasteiger partial charge in [0.15, 0.2) is 0 Å². The summed E-state index contributed by atoms with van der Waals surface area (Å²) in [5.41, 5.74) is 2.32. The third-order valence-corrected chi connectivity index (χ3v) is 4.82. The van der Waals surface area contributed by atoms with Crippen LogP contribution in [0.3, 0.4) is 0 Å². The van der Waals surface area contributed by atoms with Crippen molar-refractivity contribution in [1.82, 2.24) is 14.9 Å². The second-order valence-electron chi connectivity index (χ2n) is 7.70. The minimum atomic E-state index is -0.724. The molecule has 0 radical (unpaired) electrons. The van der Waals surface area contributed by atoms with Crippen LogP contribution in [0.4, 0.5) is 5.69 Å². The lowest BCUT2D eigenvalue weighted by atomic mass is 10.0. The van der Waals surface area contributed by atoms with Crippen LogP contribution >= 0.6 is 0 Å². The number of carbonyl (C=O) groups excluding carboxylic acids is 2. The van der Waals surface area contributed by atoms with Crippen LogP contribution in [0, 0.1) is 6.92 Å². The monoisotopic (exact) mass is 420 g/mol. The van der Waals surface area contributed by atoms with Crippen molar-refractivity contribution in [2.45, 2.75) is 39.3 Å². The Bertz CT molecular complexity index is 1040. The molecule has 1 aromatic heterocycles. The smallest absolute Gasteiger partial charge is 0.313 e. The third kappa shape index (κ3) is 5.94. The Morgan fingerprint density at radius 3 is 2.45 bits per heavy atom. The molecule has 31 heavy (non-hydrogen) atoms. The predicted octanol–water partition coefficient (Wildman–Crippen LogP) is 3.55. The molecule has 7 nitrogen and oxygen atoms in total. The first-order valence-corrected chi connectivity index (χ1v) is 10.2. The fourth-order valence-electron chi connectivity index (χ4n) is 3.24. The maximum atomic E-state index is 12.7. The number of anilines is 1. The lowest BCUT2D eigenvalue weighted by Crippen LogP contribution is -2.38. The van der Waals surface area contributed by atoms with E-state index < -0.39 is 11.8 Å². The Morgan fingerprint density at radius 1 is 1.10 bits per heavy atom. The Morgan fingerprint density at radius 2 is 1.84 bits per heavy atom. The fraction of sp³-hybridized carbons (Fsp3) is 0.292. The number of carbonyl (C=O) groups is 2. The Balaban J connectivity index is 1.70. The summed E-state index contributed by atoms with van der Waals surface area (Å²) in [7, 11) is 1.90. The molecule has 1 heterocycles. The maximum absolute atomic E-state index is 12.7. The van der Waals surface area contributed by atoms with Gasteiger partial charge < -0.3 is 19.9 Å². The van der Waals surface area contributed by atoms with Gasteiger partial charge >= 0.3 is 11.8 Å². The molecule has 7 heteroatoms. The van der Waals surface area contributed by atoms with E-state index >= 15 is 0 Å². The molecule has 0 aliphatic heterocycles. The van der Waals surface area contributed by atoms with Gasteiger partial charge in [0.2, 0.25) is 0 Å². The van der Waals surface area contributed by atoms with Crippen molar-refractivity contribution >= 4 is 17.5 Å². The molecule has 0 saturated carbocycles. The molecule has 0 aliphatic rings. The second-order valence-corrected chi connectivity index (χ2v) is 7.70. The summed E-state index contributed by atoms with van der Waals surface area (Å²) in [5.74, 6) is 0.128. The van der Waals surface area contributed by atoms with Gasteiger partial charge in [-0.2, -0.15) is 0 Å². The summed E-state index contributed by atoms with van der Waals surface area (Å²) in [4.78, 5) is 29.6. The molecule has 162 valence electrons. The summed E-state index contributed by atoms with van der Waals surface area (Å²) in [5, 5.41) is 5.50. The van der Waals surface area contributed by atoms with Crippen LogP contribution in [-0.4, -0.2) is 27.5 Å². The summed E-state index contributed by atoms with van der Waals surface area (Å²) >= 11 is 0. The quantitative estimate of drug-likeness (QED) is 0.573. The molecular weight excluding hydrogens is 392 g/mol. The topological polar surface area (TPSA) is 85.3 Å². The van der Waals surface area contributed by atoms with Crippen molar-refractivity contribution in [3.05, 3.63) is 77.9 Å². The Hall–Kier alpha value is -3.61. The zero-order valence-electron chi connectivity index (χ0n) is 18.3. The van der Waals surface area contributed by atoms with E-state index in [0.717, 1.165) is 22.7 Å². The van der Waals surface area contributed by atoms with E-state index in [2.05, 4.69) is 15.6 Å². The molecule has 1 atom stereocenters. The van der Waals surface area contributed by atoms with E-state index in [9.17, 15) is 9.59 Å². The fourth-order valence-corrected chi connectivity index (χ4v) is 3.24. The first-order chi connectivity index (χ1) is 14.8. The number of ether oxygens (including phenoxy) is 1. The van der Waals surface area contributed by atoms with Crippen molar-refractivity contribution in [1.29, 1.82) is 0 Å². The van der Waals surface area contributed by atoms with Crippen LogP contribution in [0.5, 0.6) is 5.75 Å². The van der Waals surface area contributed by atoms with Crippen LogP contribution in [0.1, 0.15) is 36.8 Å². The molecule has 0 unspecified atom stereocenters. The minimum Gasteiger partial charge on any atom is -0.491 e. The number of hydrogen-bond donors (Lipinski definition) is 2. The third-order valence-electron chi connectivity index (χ3n) is 4.82.